The molecule has 0 spiro atoms. The van der Waals surface area contributed by atoms with Gasteiger partial charge in [0.05, 0.1) is 27.7 Å². The SMILES string of the molecule is Cc1nn(-c2nc3ccccc3c(=O)[nH]2)c(NC(=O)c2ccccc2C(F)(F)F)c1C. The van der Waals surface area contributed by atoms with Crippen LogP contribution in [-0.4, -0.2) is 25.7 Å². The van der Waals surface area contributed by atoms with Gasteiger partial charge in [0.25, 0.3) is 11.5 Å². The molecule has 31 heavy (non-hydrogen) atoms. The standard InChI is InChI=1S/C21H16F3N5O2/c1-11-12(2)28-29(20-25-16-10-6-4-8-14(16)19(31)27-20)17(11)26-18(30)13-7-3-5-9-15(13)21(22,23)24/h3-10H,1-2H3,(H,26,30)(H,25,27,31). The Morgan fingerprint density at radius 3 is 2.48 bits per heavy atom. The summed E-state index contributed by atoms with van der Waals surface area (Å²) in [4.78, 5) is 32.2. The van der Waals surface area contributed by atoms with Crippen LogP contribution in [0.15, 0.2) is 53.3 Å². The largest absolute Gasteiger partial charge is 0.417 e. The predicted octanol–water partition coefficient (Wildman–Crippen LogP) is 4.00. The molecule has 0 atom stereocenters. The van der Waals surface area contributed by atoms with Crippen LogP contribution in [-0.2, 0) is 6.18 Å². The monoisotopic (exact) mass is 427 g/mol. The molecule has 2 aromatic heterocycles. The van der Waals surface area contributed by atoms with Gasteiger partial charge in [-0.15, -0.1) is 0 Å². The zero-order valence-electron chi connectivity index (χ0n) is 16.4. The minimum atomic E-state index is -4.69. The topological polar surface area (TPSA) is 92.7 Å². The molecule has 0 bridgehead atoms. The molecule has 0 aliphatic carbocycles. The number of benzene rings is 2. The van der Waals surface area contributed by atoms with Gasteiger partial charge in [0.1, 0.15) is 5.82 Å². The van der Waals surface area contributed by atoms with E-state index < -0.39 is 28.8 Å². The molecule has 0 unspecified atom stereocenters. The molecule has 7 nitrogen and oxygen atoms in total. The third kappa shape index (κ3) is 3.67. The Morgan fingerprint density at radius 2 is 1.74 bits per heavy atom. The maximum Gasteiger partial charge on any atom is 0.417 e. The number of amides is 1. The number of hydrogen-bond acceptors (Lipinski definition) is 4. The Labute approximate surface area is 173 Å². The number of nitrogens with zero attached hydrogens (tertiary/aromatic N) is 3. The molecule has 1 amide bonds. The number of fused-ring (bicyclic) bond motifs is 1. The molecule has 158 valence electrons. The Morgan fingerprint density at radius 1 is 1.06 bits per heavy atom. The van der Waals surface area contributed by atoms with Gasteiger partial charge in [-0.05, 0) is 38.1 Å². The molecular weight excluding hydrogens is 411 g/mol. The van der Waals surface area contributed by atoms with Crippen LogP contribution < -0.4 is 10.9 Å². The van der Waals surface area contributed by atoms with Gasteiger partial charge >= 0.3 is 6.18 Å². The summed E-state index contributed by atoms with van der Waals surface area (Å²) in [7, 11) is 0. The number of alkyl halides is 3. The van der Waals surface area contributed by atoms with Crippen molar-refractivity contribution >= 4 is 22.6 Å². The van der Waals surface area contributed by atoms with E-state index in [0.29, 0.717) is 22.2 Å². The Balaban J connectivity index is 1.81. The fourth-order valence-corrected chi connectivity index (χ4v) is 3.18. The summed E-state index contributed by atoms with van der Waals surface area (Å²) in [5.41, 5.74) is -0.549. The van der Waals surface area contributed by atoms with Crippen LogP contribution in [0.5, 0.6) is 0 Å². The normalized spacial score (nSPS) is 11.6. The van der Waals surface area contributed by atoms with Gasteiger partial charge in [0, 0.05) is 5.56 Å². The van der Waals surface area contributed by atoms with Crippen molar-refractivity contribution in [3.05, 3.63) is 81.3 Å². The third-order valence-electron chi connectivity index (χ3n) is 4.87. The van der Waals surface area contributed by atoms with Crippen molar-refractivity contribution < 1.29 is 18.0 Å². The predicted molar refractivity (Wildman–Crippen MR) is 108 cm³/mol. The molecule has 0 radical (unpaired) electrons. The molecule has 0 saturated heterocycles. The second kappa shape index (κ2) is 7.38. The maximum atomic E-state index is 13.3. The quantitative estimate of drug-likeness (QED) is 0.517. The van der Waals surface area contributed by atoms with Crippen molar-refractivity contribution in [2.24, 2.45) is 0 Å². The first kappa shape index (κ1) is 20.3. The first-order valence-corrected chi connectivity index (χ1v) is 9.20. The highest BCUT2D eigenvalue weighted by Crippen LogP contribution is 2.32. The van der Waals surface area contributed by atoms with E-state index in [1.165, 1.54) is 16.8 Å². The van der Waals surface area contributed by atoms with Crippen LogP contribution in [0, 0.1) is 13.8 Å². The van der Waals surface area contributed by atoms with Crippen LogP contribution in [0.25, 0.3) is 16.9 Å². The molecule has 0 aliphatic heterocycles. The van der Waals surface area contributed by atoms with E-state index >= 15 is 0 Å². The summed E-state index contributed by atoms with van der Waals surface area (Å²) in [6.45, 7) is 3.33. The summed E-state index contributed by atoms with van der Waals surface area (Å²) in [6.07, 6.45) is -4.69. The van der Waals surface area contributed by atoms with E-state index in [1.54, 1.807) is 38.1 Å². The molecule has 2 heterocycles. The van der Waals surface area contributed by atoms with Crippen LogP contribution in [0.1, 0.15) is 27.2 Å². The van der Waals surface area contributed by atoms with Crippen molar-refractivity contribution in [2.75, 3.05) is 5.32 Å². The highest BCUT2D eigenvalue weighted by Gasteiger charge is 2.35. The lowest BCUT2D eigenvalue weighted by Gasteiger charge is -2.14. The first-order chi connectivity index (χ1) is 14.7. The molecule has 10 heteroatoms. The van der Waals surface area contributed by atoms with Gasteiger partial charge in [-0.2, -0.15) is 23.0 Å². The van der Waals surface area contributed by atoms with Crippen LogP contribution in [0.3, 0.4) is 0 Å². The number of aromatic nitrogens is 4. The summed E-state index contributed by atoms with van der Waals surface area (Å²) in [5.74, 6) is -0.822. The fourth-order valence-electron chi connectivity index (χ4n) is 3.18. The Hall–Kier alpha value is -3.95. The molecular formula is C21H16F3N5O2. The third-order valence-corrected chi connectivity index (χ3v) is 4.87. The van der Waals surface area contributed by atoms with E-state index in [-0.39, 0.29) is 11.8 Å². The highest BCUT2D eigenvalue weighted by atomic mass is 19.4. The van der Waals surface area contributed by atoms with E-state index in [0.717, 1.165) is 12.1 Å². The lowest BCUT2D eigenvalue weighted by Crippen LogP contribution is -2.22. The van der Waals surface area contributed by atoms with Gasteiger partial charge in [-0.3, -0.25) is 14.6 Å². The molecule has 4 rings (SSSR count). The average Bonchev–Trinajstić information content (AvgIpc) is 3.01. The minimum absolute atomic E-state index is 0.0271. The fraction of sp³-hybridized carbons (Fsp3) is 0.143. The van der Waals surface area contributed by atoms with Crippen molar-refractivity contribution in [3.63, 3.8) is 0 Å². The summed E-state index contributed by atoms with van der Waals surface area (Å²) >= 11 is 0. The number of H-pyrrole nitrogens is 1. The lowest BCUT2D eigenvalue weighted by atomic mass is 10.1. The minimum Gasteiger partial charge on any atom is -0.306 e. The number of para-hydroxylation sites is 1. The first-order valence-electron chi connectivity index (χ1n) is 9.20. The number of carbonyl (C=O) groups excluding carboxylic acids is 1. The van der Waals surface area contributed by atoms with Crippen molar-refractivity contribution in [3.8, 4) is 5.95 Å². The molecule has 4 aromatic rings. The van der Waals surface area contributed by atoms with Crippen LogP contribution in [0.2, 0.25) is 0 Å². The zero-order valence-corrected chi connectivity index (χ0v) is 16.4. The number of rotatable bonds is 3. The number of carbonyl (C=O) groups is 1. The highest BCUT2D eigenvalue weighted by molar-refractivity contribution is 6.05. The van der Waals surface area contributed by atoms with E-state index in [1.807, 2.05) is 0 Å². The number of aryl methyl sites for hydroxylation is 1. The van der Waals surface area contributed by atoms with Gasteiger partial charge in [0.15, 0.2) is 0 Å². The van der Waals surface area contributed by atoms with Crippen molar-refractivity contribution in [2.45, 2.75) is 20.0 Å². The summed E-state index contributed by atoms with van der Waals surface area (Å²) in [6, 6.07) is 11.2. The number of aromatic amines is 1. The van der Waals surface area contributed by atoms with Gasteiger partial charge in [0.2, 0.25) is 5.95 Å². The molecule has 2 N–H and O–H groups in total. The number of nitrogens with one attached hydrogen (secondary N) is 2. The second-order valence-electron chi connectivity index (χ2n) is 6.87. The van der Waals surface area contributed by atoms with Gasteiger partial charge < -0.3 is 5.32 Å². The van der Waals surface area contributed by atoms with E-state index in [4.69, 9.17) is 0 Å². The second-order valence-corrected chi connectivity index (χ2v) is 6.87. The summed E-state index contributed by atoms with van der Waals surface area (Å²) < 4.78 is 41.2. The van der Waals surface area contributed by atoms with Crippen molar-refractivity contribution in [1.29, 1.82) is 0 Å². The van der Waals surface area contributed by atoms with Gasteiger partial charge in [-0.25, -0.2) is 4.98 Å². The molecule has 0 saturated carbocycles. The Bertz CT molecular complexity index is 1370. The molecule has 0 aliphatic rings. The Kier molecular flexibility index (Phi) is 4.84. The smallest absolute Gasteiger partial charge is 0.306 e. The summed E-state index contributed by atoms with van der Waals surface area (Å²) in [5, 5.41) is 7.16. The van der Waals surface area contributed by atoms with E-state index in [9.17, 15) is 22.8 Å². The van der Waals surface area contributed by atoms with Crippen molar-refractivity contribution in [1.82, 2.24) is 19.7 Å². The molecule has 0 fully saturated rings. The zero-order chi connectivity index (χ0) is 22.3. The number of hydrogen-bond donors (Lipinski definition) is 2. The lowest BCUT2D eigenvalue weighted by molar-refractivity contribution is -0.137. The maximum absolute atomic E-state index is 13.3. The molecule has 2 aromatic carbocycles. The van der Waals surface area contributed by atoms with E-state index in [2.05, 4.69) is 20.4 Å². The van der Waals surface area contributed by atoms with Crippen LogP contribution >= 0.6 is 0 Å². The van der Waals surface area contributed by atoms with Gasteiger partial charge in [-0.1, -0.05) is 24.3 Å². The average molecular weight is 427 g/mol. The van der Waals surface area contributed by atoms with Crippen LogP contribution in [0.4, 0.5) is 19.0 Å². The number of anilines is 1. The number of halogens is 3.